The van der Waals surface area contributed by atoms with Crippen molar-refractivity contribution in [2.45, 2.75) is 6.92 Å². The predicted octanol–water partition coefficient (Wildman–Crippen LogP) is 4.30. The molecule has 94 valence electrons. The monoisotopic (exact) mass is 249 g/mol. The zero-order valence-electron chi connectivity index (χ0n) is 10.8. The molecule has 2 nitrogen and oxygen atoms in total. The SMILES string of the molecule is CCOc1ccc2nc(-c3ccccc3)ccc2c1. The van der Waals surface area contributed by atoms with Crippen LogP contribution in [0.25, 0.3) is 22.2 Å². The maximum absolute atomic E-state index is 5.50. The van der Waals surface area contributed by atoms with Crippen molar-refractivity contribution in [2.24, 2.45) is 0 Å². The highest BCUT2D eigenvalue weighted by Gasteiger charge is 2.02. The molecule has 0 saturated heterocycles. The number of rotatable bonds is 3. The van der Waals surface area contributed by atoms with Crippen molar-refractivity contribution in [1.29, 1.82) is 0 Å². The Morgan fingerprint density at radius 3 is 2.58 bits per heavy atom. The van der Waals surface area contributed by atoms with Gasteiger partial charge in [0, 0.05) is 10.9 Å². The maximum atomic E-state index is 5.50. The van der Waals surface area contributed by atoms with E-state index in [4.69, 9.17) is 9.72 Å². The lowest BCUT2D eigenvalue weighted by Gasteiger charge is -2.06. The molecule has 3 aromatic rings. The van der Waals surface area contributed by atoms with Crippen molar-refractivity contribution in [3.8, 4) is 17.0 Å². The number of hydrogen-bond donors (Lipinski definition) is 0. The van der Waals surface area contributed by atoms with Gasteiger partial charge in [-0.25, -0.2) is 4.98 Å². The molecular formula is C17H15NO. The van der Waals surface area contributed by atoms with Gasteiger partial charge < -0.3 is 4.74 Å². The average Bonchev–Trinajstić information content (AvgIpc) is 2.48. The van der Waals surface area contributed by atoms with Crippen LogP contribution in [0.4, 0.5) is 0 Å². The van der Waals surface area contributed by atoms with Gasteiger partial charge in [-0.15, -0.1) is 0 Å². The highest BCUT2D eigenvalue weighted by Crippen LogP contribution is 2.23. The van der Waals surface area contributed by atoms with E-state index < -0.39 is 0 Å². The minimum Gasteiger partial charge on any atom is -0.494 e. The third-order valence-electron chi connectivity index (χ3n) is 3.04. The van der Waals surface area contributed by atoms with Crippen LogP contribution in [0.3, 0.4) is 0 Å². The summed E-state index contributed by atoms with van der Waals surface area (Å²) in [4.78, 5) is 4.69. The minimum atomic E-state index is 0.682. The average molecular weight is 249 g/mol. The van der Waals surface area contributed by atoms with Crippen LogP contribution in [0.5, 0.6) is 5.75 Å². The Hall–Kier alpha value is -2.35. The van der Waals surface area contributed by atoms with Gasteiger partial charge >= 0.3 is 0 Å². The second-order valence-electron chi connectivity index (χ2n) is 4.35. The van der Waals surface area contributed by atoms with Crippen LogP contribution in [-0.4, -0.2) is 11.6 Å². The Labute approximate surface area is 112 Å². The van der Waals surface area contributed by atoms with E-state index in [1.165, 1.54) is 0 Å². The lowest BCUT2D eigenvalue weighted by Crippen LogP contribution is -1.91. The molecule has 0 aliphatic rings. The van der Waals surface area contributed by atoms with Crippen molar-refractivity contribution in [2.75, 3.05) is 6.61 Å². The first-order valence-electron chi connectivity index (χ1n) is 6.46. The van der Waals surface area contributed by atoms with Crippen LogP contribution in [0, 0.1) is 0 Å². The van der Waals surface area contributed by atoms with Gasteiger partial charge in [0.2, 0.25) is 0 Å². The zero-order valence-corrected chi connectivity index (χ0v) is 10.8. The molecule has 0 spiro atoms. The molecule has 1 heterocycles. The summed E-state index contributed by atoms with van der Waals surface area (Å²) in [6.07, 6.45) is 0. The Balaban J connectivity index is 2.05. The molecular weight excluding hydrogens is 234 g/mol. The number of fused-ring (bicyclic) bond motifs is 1. The highest BCUT2D eigenvalue weighted by molar-refractivity contribution is 5.82. The fourth-order valence-corrected chi connectivity index (χ4v) is 2.13. The van der Waals surface area contributed by atoms with E-state index in [-0.39, 0.29) is 0 Å². The lowest BCUT2D eigenvalue weighted by atomic mass is 10.1. The first kappa shape index (κ1) is 11.7. The standard InChI is InChI=1S/C17H15NO/c1-2-19-15-9-11-17-14(12-15)8-10-16(18-17)13-6-4-3-5-7-13/h3-12H,2H2,1H3. The van der Waals surface area contributed by atoms with Crippen LogP contribution in [0.1, 0.15) is 6.92 Å². The number of nitrogens with zero attached hydrogens (tertiary/aromatic N) is 1. The molecule has 2 heteroatoms. The first-order chi connectivity index (χ1) is 9.36. The third-order valence-corrected chi connectivity index (χ3v) is 3.04. The van der Waals surface area contributed by atoms with Gasteiger partial charge in [-0.2, -0.15) is 0 Å². The molecule has 0 aliphatic carbocycles. The molecule has 0 amide bonds. The van der Waals surface area contributed by atoms with Crippen LogP contribution in [-0.2, 0) is 0 Å². The molecule has 0 saturated carbocycles. The molecule has 3 rings (SSSR count). The minimum absolute atomic E-state index is 0.682. The quantitative estimate of drug-likeness (QED) is 0.690. The summed E-state index contributed by atoms with van der Waals surface area (Å²) in [5.41, 5.74) is 3.13. The van der Waals surface area contributed by atoms with Crippen LogP contribution in [0.15, 0.2) is 60.7 Å². The van der Waals surface area contributed by atoms with Gasteiger partial charge in [0.25, 0.3) is 0 Å². The molecule has 0 unspecified atom stereocenters. The Bertz CT molecular complexity index is 692. The van der Waals surface area contributed by atoms with E-state index in [0.717, 1.165) is 27.9 Å². The zero-order chi connectivity index (χ0) is 13.1. The maximum Gasteiger partial charge on any atom is 0.120 e. The number of hydrogen-bond acceptors (Lipinski definition) is 2. The summed E-state index contributed by atoms with van der Waals surface area (Å²) in [7, 11) is 0. The van der Waals surface area contributed by atoms with Gasteiger partial charge in [0.15, 0.2) is 0 Å². The van der Waals surface area contributed by atoms with E-state index in [2.05, 4.69) is 18.2 Å². The lowest BCUT2D eigenvalue weighted by molar-refractivity contribution is 0.340. The molecule has 0 fully saturated rings. The van der Waals surface area contributed by atoms with Crippen LogP contribution >= 0.6 is 0 Å². The highest BCUT2D eigenvalue weighted by atomic mass is 16.5. The van der Waals surface area contributed by atoms with Gasteiger partial charge in [0.1, 0.15) is 5.75 Å². The van der Waals surface area contributed by atoms with E-state index in [0.29, 0.717) is 6.61 Å². The smallest absolute Gasteiger partial charge is 0.120 e. The second kappa shape index (κ2) is 5.11. The molecule has 0 N–H and O–H groups in total. The first-order valence-corrected chi connectivity index (χ1v) is 6.46. The van der Waals surface area contributed by atoms with Gasteiger partial charge in [0.05, 0.1) is 17.8 Å². The summed E-state index contributed by atoms with van der Waals surface area (Å²) >= 11 is 0. The molecule has 19 heavy (non-hydrogen) atoms. The van der Waals surface area contributed by atoms with Crippen LogP contribution in [0.2, 0.25) is 0 Å². The van der Waals surface area contributed by atoms with Gasteiger partial charge in [-0.05, 0) is 31.2 Å². The Kier molecular flexibility index (Phi) is 3.15. The molecule has 0 bridgehead atoms. The van der Waals surface area contributed by atoms with Crippen LogP contribution < -0.4 is 4.74 Å². The number of ether oxygens (including phenoxy) is 1. The Morgan fingerprint density at radius 2 is 1.79 bits per heavy atom. The van der Waals surface area contributed by atoms with E-state index in [1.807, 2.05) is 49.4 Å². The summed E-state index contributed by atoms with van der Waals surface area (Å²) in [6, 6.07) is 20.4. The molecule has 2 aromatic carbocycles. The van der Waals surface area contributed by atoms with Crippen molar-refractivity contribution in [3.05, 3.63) is 60.7 Å². The van der Waals surface area contributed by atoms with E-state index >= 15 is 0 Å². The molecule has 1 aromatic heterocycles. The molecule has 0 atom stereocenters. The Morgan fingerprint density at radius 1 is 0.947 bits per heavy atom. The number of aromatic nitrogens is 1. The number of benzene rings is 2. The molecule has 0 aliphatic heterocycles. The van der Waals surface area contributed by atoms with Crippen molar-refractivity contribution >= 4 is 10.9 Å². The summed E-state index contributed by atoms with van der Waals surface area (Å²) in [5.74, 6) is 0.893. The topological polar surface area (TPSA) is 22.1 Å². The van der Waals surface area contributed by atoms with E-state index in [9.17, 15) is 0 Å². The van der Waals surface area contributed by atoms with Gasteiger partial charge in [-0.3, -0.25) is 0 Å². The number of pyridine rings is 1. The largest absolute Gasteiger partial charge is 0.494 e. The fraction of sp³-hybridized carbons (Fsp3) is 0.118. The molecule has 0 radical (unpaired) electrons. The normalized spacial score (nSPS) is 10.6. The summed E-state index contributed by atoms with van der Waals surface area (Å²) in [5, 5.41) is 1.10. The van der Waals surface area contributed by atoms with Gasteiger partial charge in [-0.1, -0.05) is 36.4 Å². The summed E-state index contributed by atoms with van der Waals surface area (Å²) < 4.78 is 5.50. The van der Waals surface area contributed by atoms with Crippen molar-refractivity contribution < 1.29 is 4.74 Å². The second-order valence-corrected chi connectivity index (χ2v) is 4.35. The van der Waals surface area contributed by atoms with Crippen molar-refractivity contribution in [3.63, 3.8) is 0 Å². The van der Waals surface area contributed by atoms with E-state index in [1.54, 1.807) is 0 Å². The van der Waals surface area contributed by atoms with Crippen molar-refractivity contribution in [1.82, 2.24) is 4.98 Å². The predicted molar refractivity (Wildman–Crippen MR) is 78.3 cm³/mol. The summed E-state index contributed by atoms with van der Waals surface area (Å²) in [6.45, 7) is 2.67. The third kappa shape index (κ3) is 2.43. The fourth-order valence-electron chi connectivity index (χ4n) is 2.13.